The summed E-state index contributed by atoms with van der Waals surface area (Å²) in [5.74, 6) is 0.971. The largest absolute Gasteiger partial charge is 0.484 e. The van der Waals surface area contributed by atoms with Gasteiger partial charge in [-0.2, -0.15) is 0 Å². The zero-order chi connectivity index (χ0) is 17.1. The molecule has 1 N–H and O–H groups in total. The lowest BCUT2D eigenvalue weighted by Crippen LogP contribution is -2.20. The third kappa shape index (κ3) is 4.03. The Morgan fingerprint density at radius 3 is 2.48 bits per heavy atom. The highest BCUT2D eigenvalue weighted by atomic mass is 32.1. The fourth-order valence-corrected chi connectivity index (χ4v) is 3.39. The van der Waals surface area contributed by atoms with Crippen molar-refractivity contribution in [2.24, 2.45) is 0 Å². The number of carbonyl (C=O) groups excluding carboxylic acids is 1. The predicted molar refractivity (Wildman–Crippen MR) is 97.9 cm³/mol. The first-order chi connectivity index (χ1) is 12.3. The summed E-state index contributed by atoms with van der Waals surface area (Å²) in [5, 5.41) is 12.4. The van der Waals surface area contributed by atoms with Gasteiger partial charge in [-0.15, -0.1) is 10.2 Å². The van der Waals surface area contributed by atoms with Crippen LogP contribution in [-0.2, 0) is 4.79 Å². The molecule has 6 heteroatoms. The summed E-state index contributed by atoms with van der Waals surface area (Å²) in [5.41, 5.74) is 2.26. The number of ether oxygens (including phenoxy) is 1. The first kappa shape index (κ1) is 15.8. The number of nitrogens with one attached hydrogen (secondary N) is 1. The van der Waals surface area contributed by atoms with Crippen LogP contribution >= 0.6 is 11.3 Å². The van der Waals surface area contributed by atoms with Crippen molar-refractivity contribution < 1.29 is 9.53 Å². The maximum Gasteiger partial charge on any atom is 0.264 e. The number of nitrogens with zero attached hydrogens (tertiary/aromatic N) is 2. The Hall–Kier alpha value is -2.73. The molecular formula is C19H17N3O2S. The molecule has 25 heavy (non-hydrogen) atoms. The van der Waals surface area contributed by atoms with E-state index in [1.165, 1.54) is 24.2 Å². The average molecular weight is 351 g/mol. The fraction of sp³-hybridized carbons (Fsp3) is 0.211. The molecule has 0 unspecified atom stereocenters. The second-order valence-corrected chi connectivity index (χ2v) is 6.96. The first-order valence-corrected chi connectivity index (χ1v) is 9.01. The molecule has 1 amide bonds. The van der Waals surface area contributed by atoms with Crippen LogP contribution in [0.5, 0.6) is 5.75 Å². The molecule has 1 aromatic heterocycles. The Bertz CT molecular complexity index is 858. The van der Waals surface area contributed by atoms with E-state index < -0.39 is 0 Å². The minimum atomic E-state index is -0.231. The quantitative estimate of drug-likeness (QED) is 0.726. The molecule has 126 valence electrons. The molecule has 1 heterocycles. The van der Waals surface area contributed by atoms with E-state index in [4.69, 9.17) is 4.74 Å². The predicted octanol–water partition coefficient (Wildman–Crippen LogP) is 4.10. The third-order valence-electron chi connectivity index (χ3n) is 3.94. The monoisotopic (exact) mass is 351 g/mol. The van der Waals surface area contributed by atoms with E-state index in [-0.39, 0.29) is 12.5 Å². The maximum atomic E-state index is 12.0. The molecule has 1 saturated carbocycles. The lowest BCUT2D eigenvalue weighted by atomic mass is 10.1. The molecule has 0 aliphatic heterocycles. The van der Waals surface area contributed by atoms with Crippen LogP contribution in [0.25, 0.3) is 11.1 Å². The fourth-order valence-electron chi connectivity index (χ4n) is 2.46. The van der Waals surface area contributed by atoms with Gasteiger partial charge in [0.25, 0.3) is 5.91 Å². The van der Waals surface area contributed by atoms with Gasteiger partial charge in [0.15, 0.2) is 6.61 Å². The van der Waals surface area contributed by atoms with Crippen molar-refractivity contribution in [3.8, 4) is 16.9 Å². The van der Waals surface area contributed by atoms with Gasteiger partial charge < -0.3 is 4.74 Å². The van der Waals surface area contributed by atoms with Crippen LogP contribution in [0.3, 0.4) is 0 Å². The van der Waals surface area contributed by atoms with Crippen LogP contribution < -0.4 is 10.1 Å². The molecule has 3 aromatic rings. The summed E-state index contributed by atoms with van der Waals surface area (Å²) < 4.78 is 5.54. The molecule has 0 saturated heterocycles. The van der Waals surface area contributed by atoms with Crippen molar-refractivity contribution in [3.63, 3.8) is 0 Å². The summed E-state index contributed by atoms with van der Waals surface area (Å²) in [6, 6.07) is 17.8. The zero-order valence-corrected chi connectivity index (χ0v) is 14.3. The van der Waals surface area contributed by atoms with Gasteiger partial charge in [0, 0.05) is 5.92 Å². The maximum absolute atomic E-state index is 12.0. The highest BCUT2D eigenvalue weighted by Crippen LogP contribution is 2.42. The van der Waals surface area contributed by atoms with E-state index in [1.807, 2.05) is 42.5 Å². The molecule has 0 atom stereocenters. The van der Waals surface area contributed by atoms with Crippen LogP contribution in [0.15, 0.2) is 54.6 Å². The van der Waals surface area contributed by atoms with Crippen molar-refractivity contribution in [1.82, 2.24) is 10.2 Å². The molecule has 2 aromatic carbocycles. The third-order valence-corrected chi connectivity index (χ3v) is 4.95. The molecule has 4 rings (SSSR count). The van der Waals surface area contributed by atoms with Gasteiger partial charge in [0.05, 0.1) is 0 Å². The molecular weight excluding hydrogens is 334 g/mol. The molecule has 1 fully saturated rings. The Labute approximate surface area is 149 Å². The summed E-state index contributed by atoms with van der Waals surface area (Å²) >= 11 is 1.44. The molecule has 5 nitrogen and oxygen atoms in total. The van der Waals surface area contributed by atoms with Gasteiger partial charge in [0.1, 0.15) is 10.8 Å². The highest BCUT2D eigenvalue weighted by molar-refractivity contribution is 7.15. The van der Waals surface area contributed by atoms with Crippen molar-refractivity contribution in [2.75, 3.05) is 11.9 Å². The van der Waals surface area contributed by atoms with Crippen molar-refractivity contribution in [3.05, 3.63) is 59.6 Å². The van der Waals surface area contributed by atoms with Gasteiger partial charge >= 0.3 is 0 Å². The number of anilines is 1. The van der Waals surface area contributed by atoms with E-state index in [0.29, 0.717) is 16.8 Å². The van der Waals surface area contributed by atoms with Crippen LogP contribution in [0.4, 0.5) is 5.13 Å². The summed E-state index contributed by atoms with van der Waals surface area (Å²) in [4.78, 5) is 12.0. The Balaban J connectivity index is 1.30. The second-order valence-electron chi connectivity index (χ2n) is 5.95. The lowest BCUT2D eigenvalue weighted by Gasteiger charge is -2.07. The number of amides is 1. The van der Waals surface area contributed by atoms with Gasteiger partial charge in [-0.25, -0.2) is 0 Å². The number of aromatic nitrogens is 2. The Morgan fingerprint density at radius 1 is 1.04 bits per heavy atom. The highest BCUT2D eigenvalue weighted by Gasteiger charge is 2.27. The topological polar surface area (TPSA) is 64.1 Å². The Kier molecular flexibility index (Phi) is 4.43. The summed E-state index contributed by atoms with van der Waals surface area (Å²) in [6.45, 7) is -0.0526. The van der Waals surface area contributed by atoms with Crippen LogP contribution in [-0.4, -0.2) is 22.7 Å². The van der Waals surface area contributed by atoms with Crippen LogP contribution in [0.1, 0.15) is 23.8 Å². The minimum Gasteiger partial charge on any atom is -0.484 e. The lowest BCUT2D eigenvalue weighted by molar-refractivity contribution is -0.118. The Morgan fingerprint density at radius 2 is 1.76 bits per heavy atom. The molecule has 0 bridgehead atoms. The van der Waals surface area contributed by atoms with Crippen LogP contribution in [0.2, 0.25) is 0 Å². The van der Waals surface area contributed by atoms with Crippen LogP contribution in [0, 0.1) is 0 Å². The number of benzene rings is 2. The summed E-state index contributed by atoms with van der Waals surface area (Å²) in [7, 11) is 0. The standard InChI is InChI=1S/C19H17N3O2S/c23-17(20-19-22-21-18(25-19)15-6-7-15)12-24-16-10-8-14(9-11-16)13-4-2-1-3-5-13/h1-5,8-11,15H,6-7,12H2,(H,20,22,23). The average Bonchev–Trinajstić information content (AvgIpc) is 3.41. The number of rotatable bonds is 6. The summed E-state index contributed by atoms with van der Waals surface area (Å²) in [6.07, 6.45) is 2.34. The van der Waals surface area contributed by atoms with Gasteiger partial charge in [-0.3, -0.25) is 10.1 Å². The van der Waals surface area contributed by atoms with Gasteiger partial charge in [-0.1, -0.05) is 53.8 Å². The number of hydrogen-bond acceptors (Lipinski definition) is 5. The minimum absolute atomic E-state index is 0.0526. The molecule has 0 radical (unpaired) electrons. The molecule has 1 aliphatic carbocycles. The normalized spacial score (nSPS) is 13.4. The van der Waals surface area contributed by atoms with E-state index in [1.54, 1.807) is 0 Å². The van der Waals surface area contributed by atoms with Gasteiger partial charge in [-0.05, 0) is 36.1 Å². The van der Waals surface area contributed by atoms with E-state index >= 15 is 0 Å². The van der Waals surface area contributed by atoms with Crippen molar-refractivity contribution in [1.29, 1.82) is 0 Å². The molecule has 0 spiro atoms. The zero-order valence-electron chi connectivity index (χ0n) is 13.5. The van der Waals surface area contributed by atoms with E-state index in [9.17, 15) is 4.79 Å². The number of carbonyl (C=O) groups is 1. The number of hydrogen-bond donors (Lipinski definition) is 1. The van der Waals surface area contributed by atoms with Crippen molar-refractivity contribution in [2.45, 2.75) is 18.8 Å². The molecule has 1 aliphatic rings. The van der Waals surface area contributed by atoms with E-state index in [2.05, 4.69) is 27.6 Å². The van der Waals surface area contributed by atoms with E-state index in [0.717, 1.165) is 16.1 Å². The SMILES string of the molecule is O=C(COc1ccc(-c2ccccc2)cc1)Nc1nnc(C2CC2)s1. The smallest absolute Gasteiger partial charge is 0.264 e. The van der Waals surface area contributed by atoms with Crippen molar-refractivity contribution >= 4 is 22.4 Å². The van der Waals surface area contributed by atoms with Gasteiger partial charge in [0.2, 0.25) is 5.13 Å². The first-order valence-electron chi connectivity index (χ1n) is 8.19. The second kappa shape index (κ2) is 7.03.